The van der Waals surface area contributed by atoms with E-state index in [1.165, 1.54) is 0 Å². The van der Waals surface area contributed by atoms with Crippen LogP contribution in [0.25, 0.3) is 0 Å². The number of nitrogens with one attached hydrogen (secondary N) is 1. The first-order valence-electron chi connectivity index (χ1n) is 6.03. The van der Waals surface area contributed by atoms with Gasteiger partial charge in [0.2, 0.25) is 0 Å². The summed E-state index contributed by atoms with van der Waals surface area (Å²) in [6, 6.07) is 5.26. The van der Waals surface area contributed by atoms with Gasteiger partial charge >= 0.3 is 0 Å². The Kier molecular flexibility index (Phi) is 7.17. The van der Waals surface area contributed by atoms with Gasteiger partial charge in [-0.15, -0.1) is 0 Å². The lowest BCUT2D eigenvalue weighted by atomic mass is 10.2. The molecule has 0 aliphatic carbocycles. The minimum Gasteiger partial charge on any atom is -0.507 e. The third-order valence-electron chi connectivity index (χ3n) is 2.49. The number of ether oxygens (including phenoxy) is 2. The minimum atomic E-state index is 0.0626. The first kappa shape index (κ1) is 14.8. The van der Waals surface area contributed by atoms with Gasteiger partial charge < -0.3 is 25.0 Å². The van der Waals surface area contributed by atoms with Crippen LogP contribution in [0.15, 0.2) is 18.2 Å². The van der Waals surface area contributed by atoms with Crippen LogP contribution in [0.4, 0.5) is 0 Å². The SMILES string of the molecule is COc1ccc(CNCCCOCCO)c(O)c1. The topological polar surface area (TPSA) is 71.0 Å². The molecule has 1 rings (SSSR count). The molecule has 0 aromatic heterocycles. The second kappa shape index (κ2) is 8.74. The number of hydrogen-bond donors (Lipinski definition) is 3. The van der Waals surface area contributed by atoms with Gasteiger partial charge in [-0.1, -0.05) is 6.07 Å². The van der Waals surface area contributed by atoms with Gasteiger partial charge in [0.15, 0.2) is 0 Å². The van der Waals surface area contributed by atoms with Crippen molar-refractivity contribution in [2.24, 2.45) is 0 Å². The van der Waals surface area contributed by atoms with E-state index in [4.69, 9.17) is 14.6 Å². The minimum absolute atomic E-state index is 0.0626. The molecule has 0 heterocycles. The zero-order valence-electron chi connectivity index (χ0n) is 10.7. The molecule has 0 spiro atoms. The van der Waals surface area contributed by atoms with E-state index in [0.717, 1.165) is 18.5 Å². The van der Waals surface area contributed by atoms with Gasteiger partial charge in [-0.25, -0.2) is 0 Å². The molecular weight excluding hydrogens is 234 g/mol. The molecule has 3 N–H and O–H groups in total. The maximum atomic E-state index is 9.72. The molecule has 5 heteroatoms. The van der Waals surface area contributed by atoms with Gasteiger partial charge in [0.25, 0.3) is 0 Å². The Morgan fingerprint density at radius 1 is 1.28 bits per heavy atom. The average Bonchev–Trinajstić information content (AvgIpc) is 2.39. The van der Waals surface area contributed by atoms with Gasteiger partial charge in [-0.05, 0) is 19.0 Å². The highest BCUT2D eigenvalue weighted by Gasteiger charge is 2.02. The first-order chi connectivity index (χ1) is 8.77. The summed E-state index contributed by atoms with van der Waals surface area (Å²) in [6.07, 6.45) is 0.872. The summed E-state index contributed by atoms with van der Waals surface area (Å²) in [5.41, 5.74) is 0.840. The summed E-state index contributed by atoms with van der Waals surface area (Å²) in [4.78, 5) is 0. The molecule has 0 bridgehead atoms. The van der Waals surface area contributed by atoms with Crippen LogP contribution in [-0.4, -0.2) is 43.7 Å². The predicted molar refractivity (Wildman–Crippen MR) is 68.9 cm³/mol. The van der Waals surface area contributed by atoms with Crippen molar-refractivity contribution in [3.8, 4) is 11.5 Å². The maximum Gasteiger partial charge on any atom is 0.123 e. The van der Waals surface area contributed by atoms with Crippen molar-refractivity contribution in [1.29, 1.82) is 0 Å². The fraction of sp³-hybridized carbons (Fsp3) is 0.538. The zero-order valence-corrected chi connectivity index (χ0v) is 10.7. The Hall–Kier alpha value is -1.30. The van der Waals surface area contributed by atoms with E-state index in [-0.39, 0.29) is 12.4 Å². The van der Waals surface area contributed by atoms with E-state index in [0.29, 0.717) is 25.5 Å². The summed E-state index contributed by atoms with van der Waals surface area (Å²) in [6.45, 7) is 2.49. The Bertz CT molecular complexity index is 344. The Balaban J connectivity index is 2.19. The standard InChI is InChI=1S/C13H21NO4/c1-17-12-4-3-11(13(16)9-12)10-14-5-2-7-18-8-6-15/h3-4,9,14-16H,2,5-8,10H2,1H3. The van der Waals surface area contributed by atoms with Crippen LogP contribution in [0.1, 0.15) is 12.0 Å². The van der Waals surface area contributed by atoms with Gasteiger partial charge in [-0.3, -0.25) is 0 Å². The van der Waals surface area contributed by atoms with Crippen molar-refractivity contribution in [2.75, 3.05) is 33.5 Å². The highest BCUT2D eigenvalue weighted by atomic mass is 16.5. The fourth-order valence-electron chi connectivity index (χ4n) is 1.51. The summed E-state index contributed by atoms with van der Waals surface area (Å²) in [7, 11) is 1.57. The van der Waals surface area contributed by atoms with Crippen molar-refractivity contribution in [3.63, 3.8) is 0 Å². The third kappa shape index (κ3) is 5.35. The lowest BCUT2D eigenvalue weighted by Crippen LogP contribution is -2.16. The van der Waals surface area contributed by atoms with Crippen LogP contribution >= 0.6 is 0 Å². The summed E-state index contributed by atoms with van der Waals surface area (Å²) < 4.78 is 10.1. The molecule has 0 unspecified atom stereocenters. The molecule has 1 aromatic carbocycles. The average molecular weight is 255 g/mol. The number of rotatable bonds is 9. The number of benzene rings is 1. The van der Waals surface area contributed by atoms with Gasteiger partial charge in [0.1, 0.15) is 11.5 Å². The molecule has 0 saturated heterocycles. The van der Waals surface area contributed by atoms with Crippen LogP contribution in [0.5, 0.6) is 11.5 Å². The van der Waals surface area contributed by atoms with E-state index in [1.54, 1.807) is 13.2 Å². The number of aromatic hydroxyl groups is 1. The quantitative estimate of drug-likeness (QED) is 0.572. The Morgan fingerprint density at radius 2 is 2.11 bits per heavy atom. The lowest BCUT2D eigenvalue weighted by Gasteiger charge is -2.08. The van der Waals surface area contributed by atoms with E-state index < -0.39 is 0 Å². The predicted octanol–water partition coefficient (Wildman–Crippen LogP) is 0.889. The number of aliphatic hydroxyl groups is 1. The van der Waals surface area contributed by atoms with Gasteiger partial charge in [0, 0.05) is 24.8 Å². The highest BCUT2D eigenvalue weighted by molar-refractivity contribution is 5.39. The Labute approximate surface area is 107 Å². The summed E-state index contributed by atoms with van der Waals surface area (Å²) >= 11 is 0. The van der Waals surface area contributed by atoms with Crippen molar-refractivity contribution in [1.82, 2.24) is 5.32 Å². The molecule has 0 aliphatic heterocycles. The van der Waals surface area contributed by atoms with Crippen molar-refractivity contribution >= 4 is 0 Å². The molecule has 1 aromatic rings. The van der Waals surface area contributed by atoms with Crippen LogP contribution in [0.2, 0.25) is 0 Å². The molecule has 0 fully saturated rings. The molecule has 5 nitrogen and oxygen atoms in total. The van der Waals surface area contributed by atoms with E-state index in [1.807, 2.05) is 12.1 Å². The molecule has 0 aliphatic rings. The van der Waals surface area contributed by atoms with E-state index >= 15 is 0 Å². The summed E-state index contributed by atoms with van der Waals surface area (Å²) in [5.74, 6) is 0.882. The second-order valence-electron chi connectivity index (χ2n) is 3.86. The van der Waals surface area contributed by atoms with E-state index in [9.17, 15) is 5.11 Å². The number of methoxy groups -OCH3 is 1. The number of phenols is 1. The van der Waals surface area contributed by atoms with Crippen molar-refractivity contribution < 1.29 is 19.7 Å². The number of aliphatic hydroxyl groups excluding tert-OH is 1. The van der Waals surface area contributed by atoms with Crippen LogP contribution in [0.3, 0.4) is 0 Å². The normalized spacial score (nSPS) is 10.6. The van der Waals surface area contributed by atoms with Gasteiger partial charge in [0.05, 0.1) is 20.3 Å². The van der Waals surface area contributed by atoms with Crippen LogP contribution in [0, 0.1) is 0 Å². The zero-order chi connectivity index (χ0) is 13.2. The smallest absolute Gasteiger partial charge is 0.123 e. The number of phenolic OH excluding ortho intramolecular Hbond substituents is 1. The maximum absolute atomic E-state index is 9.72. The fourth-order valence-corrected chi connectivity index (χ4v) is 1.51. The lowest BCUT2D eigenvalue weighted by molar-refractivity contribution is 0.0907. The molecule has 0 radical (unpaired) electrons. The third-order valence-corrected chi connectivity index (χ3v) is 2.49. The largest absolute Gasteiger partial charge is 0.507 e. The first-order valence-corrected chi connectivity index (χ1v) is 6.03. The van der Waals surface area contributed by atoms with Crippen LogP contribution < -0.4 is 10.1 Å². The number of hydrogen-bond acceptors (Lipinski definition) is 5. The van der Waals surface area contributed by atoms with Crippen molar-refractivity contribution in [3.05, 3.63) is 23.8 Å². The van der Waals surface area contributed by atoms with Gasteiger partial charge in [-0.2, -0.15) is 0 Å². The molecular formula is C13H21NO4. The monoisotopic (exact) mass is 255 g/mol. The summed E-state index contributed by atoms with van der Waals surface area (Å²) in [5, 5.41) is 21.4. The molecule has 0 atom stereocenters. The Morgan fingerprint density at radius 3 is 2.78 bits per heavy atom. The molecule has 0 amide bonds. The highest BCUT2D eigenvalue weighted by Crippen LogP contribution is 2.22. The molecule has 18 heavy (non-hydrogen) atoms. The van der Waals surface area contributed by atoms with Crippen molar-refractivity contribution in [2.45, 2.75) is 13.0 Å². The molecule has 102 valence electrons. The second-order valence-corrected chi connectivity index (χ2v) is 3.86. The molecule has 0 saturated carbocycles. The van der Waals surface area contributed by atoms with Crippen LogP contribution in [-0.2, 0) is 11.3 Å². The van der Waals surface area contributed by atoms with E-state index in [2.05, 4.69) is 5.32 Å².